The van der Waals surface area contributed by atoms with Crippen molar-refractivity contribution in [3.8, 4) is 0 Å². The van der Waals surface area contributed by atoms with E-state index in [1.165, 1.54) is 0 Å². The molecule has 0 fully saturated rings. The van der Waals surface area contributed by atoms with Crippen LogP contribution in [0.25, 0.3) is 0 Å². The Balaban J connectivity index is 2.85. The average molecular weight is 247 g/mol. The molecule has 0 aliphatic heterocycles. The van der Waals surface area contributed by atoms with Crippen LogP contribution in [0.1, 0.15) is 25.4 Å². The molecule has 0 spiro atoms. The van der Waals surface area contributed by atoms with Crippen molar-refractivity contribution in [2.24, 2.45) is 5.92 Å². The smallest absolute Gasteiger partial charge is 0.316 e. The zero-order valence-electron chi connectivity index (χ0n) is 10.0. The molecular formula is C11H16F3N3. The quantitative estimate of drug-likeness (QED) is 0.887. The van der Waals surface area contributed by atoms with Gasteiger partial charge in [-0.05, 0) is 19.0 Å². The molecule has 17 heavy (non-hydrogen) atoms. The van der Waals surface area contributed by atoms with Crippen LogP contribution in [0.3, 0.4) is 0 Å². The highest BCUT2D eigenvalue weighted by molar-refractivity contribution is 5.07. The molecular weight excluding hydrogens is 231 g/mol. The van der Waals surface area contributed by atoms with Crippen molar-refractivity contribution in [1.82, 2.24) is 15.3 Å². The Bertz CT molecular complexity index is 363. The van der Waals surface area contributed by atoms with Gasteiger partial charge >= 0.3 is 6.18 Å². The van der Waals surface area contributed by atoms with Crippen LogP contribution < -0.4 is 5.32 Å². The van der Waals surface area contributed by atoms with E-state index < -0.39 is 11.9 Å². The van der Waals surface area contributed by atoms with Gasteiger partial charge in [-0.2, -0.15) is 13.2 Å². The lowest BCUT2D eigenvalue weighted by Gasteiger charge is -2.19. The molecule has 0 radical (unpaired) electrons. The standard InChI is InChI=1S/C11H16F3N3/c1-7(2)8(15-3)6-10-16-5-4-9(17-10)11(12,13)14/h4-5,7-8,15H,6H2,1-3H3. The molecule has 96 valence electrons. The molecule has 0 amide bonds. The van der Waals surface area contributed by atoms with Gasteiger partial charge in [-0.15, -0.1) is 0 Å². The maximum Gasteiger partial charge on any atom is 0.433 e. The highest BCUT2D eigenvalue weighted by atomic mass is 19.4. The second-order valence-electron chi connectivity index (χ2n) is 4.20. The number of likely N-dealkylation sites (N-methyl/N-ethyl adjacent to an activating group) is 1. The van der Waals surface area contributed by atoms with Crippen molar-refractivity contribution in [2.45, 2.75) is 32.5 Å². The van der Waals surface area contributed by atoms with Crippen LogP contribution in [0.2, 0.25) is 0 Å². The van der Waals surface area contributed by atoms with Crippen LogP contribution in [-0.4, -0.2) is 23.1 Å². The SMILES string of the molecule is CNC(Cc1nccc(C(F)(F)F)n1)C(C)C. The number of hydrogen-bond donors (Lipinski definition) is 1. The Morgan fingerprint density at radius 3 is 2.47 bits per heavy atom. The average Bonchev–Trinajstić information content (AvgIpc) is 2.24. The molecule has 6 heteroatoms. The monoisotopic (exact) mass is 247 g/mol. The first-order valence-electron chi connectivity index (χ1n) is 5.41. The van der Waals surface area contributed by atoms with Gasteiger partial charge < -0.3 is 5.32 Å². The maximum atomic E-state index is 12.4. The number of nitrogens with zero attached hydrogens (tertiary/aromatic N) is 2. The third kappa shape index (κ3) is 3.96. The van der Waals surface area contributed by atoms with Gasteiger partial charge in [0.1, 0.15) is 11.5 Å². The summed E-state index contributed by atoms with van der Waals surface area (Å²) >= 11 is 0. The summed E-state index contributed by atoms with van der Waals surface area (Å²) in [5.74, 6) is 0.519. The fraction of sp³-hybridized carbons (Fsp3) is 0.636. The summed E-state index contributed by atoms with van der Waals surface area (Å²) in [7, 11) is 1.78. The summed E-state index contributed by atoms with van der Waals surface area (Å²) < 4.78 is 37.3. The van der Waals surface area contributed by atoms with Gasteiger partial charge in [0.25, 0.3) is 0 Å². The summed E-state index contributed by atoms with van der Waals surface area (Å²) in [5.41, 5.74) is -0.888. The molecule has 1 aromatic heterocycles. The number of rotatable bonds is 4. The zero-order valence-corrected chi connectivity index (χ0v) is 10.0. The molecule has 1 unspecified atom stereocenters. The Kier molecular flexibility index (Phi) is 4.45. The molecule has 0 aromatic carbocycles. The van der Waals surface area contributed by atoms with E-state index in [0.717, 1.165) is 12.3 Å². The minimum absolute atomic E-state index is 0.0680. The molecule has 0 aliphatic carbocycles. The van der Waals surface area contributed by atoms with Gasteiger partial charge in [-0.25, -0.2) is 9.97 Å². The molecule has 0 bridgehead atoms. The maximum absolute atomic E-state index is 12.4. The van der Waals surface area contributed by atoms with Crippen molar-refractivity contribution in [3.63, 3.8) is 0 Å². The van der Waals surface area contributed by atoms with Crippen LogP contribution in [0.5, 0.6) is 0 Å². The van der Waals surface area contributed by atoms with Crippen LogP contribution in [0, 0.1) is 5.92 Å². The van der Waals surface area contributed by atoms with Crippen LogP contribution >= 0.6 is 0 Å². The first-order valence-corrected chi connectivity index (χ1v) is 5.41. The molecule has 1 N–H and O–H groups in total. The second kappa shape index (κ2) is 5.44. The lowest BCUT2D eigenvalue weighted by Crippen LogP contribution is -2.33. The van der Waals surface area contributed by atoms with Gasteiger partial charge in [-0.3, -0.25) is 0 Å². The fourth-order valence-corrected chi connectivity index (χ4v) is 1.52. The summed E-state index contributed by atoms with van der Waals surface area (Å²) in [6, 6.07) is 0.950. The van der Waals surface area contributed by atoms with Gasteiger partial charge in [-0.1, -0.05) is 13.8 Å². The normalized spacial score (nSPS) is 14.1. The van der Waals surface area contributed by atoms with E-state index in [-0.39, 0.29) is 11.9 Å². The van der Waals surface area contributed by atoms with Crippen LogP contribution in [0.4, 0.5) is 13.2 Å². The summed E-state index contributed by atoms with van der Waals surface area (Å²) in [6.07, 6.45) is -2.87. The minimum atomic E-state index is -4.41. The van der Waals surface area contributed by atoms with Gasteiger partial charge in [0.2, 0.25) is 0 Å². The van der Waals surface area contributed by atoms with E-state index in [1.807, 2.05) is 13.8 Å². The Hall–Kier alpha value is -1.17. The van der Waals surface area contributed by atoms with Crippen LogP contribution in [0.15, 0.2) is 12.3 Å². The first kappa shape index (κ1) is 13.9. The van der Waals surface area contributed by atoms with Crippen molar-refractivity contribution in [1.29, 1.82) is 0 Å². The number of hydrogen-bond acceptors (Lipinski definition) is 3. The highest BCUT2D eigenvalue weighted by Crippen LogP contribution is 2.27. The molecule has 0 aliphatic rings. The highest BCUT2D eigenvalue weighted by Gasteiger charge is 2.32. The zero-order chi connectivity index (χ0) is 13.1. The van der Waals surface area contributed by atoms with E-state index in [1.54, 1.807) is 7.05 Å². The largest absolute Gasteiger partial charge is 0.433 e. The number of nitrogens with one attached hydrogen (secondary N) is 1. The number of aromatic nitrogens is 2. The Morgan fingerprint density at radius 1 is 1.35 bits per heavy atom. The van der Waals surface area contributed by atoms with Gasteiger partial charge in [0.05, 0.1) is 0 Å². The van der Waals surface area contributed by atoms with E-state index >= 15 is 0 Å². The van der Waals surface area contributed by atoms with Gasteiger partial charge in [0.15, 0.2) is 0 Å². The molecule has 1 aromatic rings. The molecule has 3 nitrogen and oxygen atoms in total. The molecule has 1 heterocycles. The van der Waals surface area contributed by atoms with E-state index in [9.17, 15) is 13.2 Å². The topological polar surface area (TPSA) is 37.8 Å². The summed E-state index contributed by atoms with van der Waals surface area (Å²) in [5, 5.41) is 3.05. The van der Waals surface area contributed by atoms with Crippen molar-refractivity contribution >= 4 is 0 Å². The second-order valence-corrected chi connectivity index (χ2v) is 4.20. The van der Waals surface area contributed by atoms with Gasteiger partial charge in [0, 0.05) is 18.7 Å². The molecule has 0 saturated heterocycles. The Morgan fingerprint density at radius 2 is 2.00 bits per heavy atom. The predicted molar refractivity (Wildman–Crippen MR) is 58.4 cm³/mol. The number of halogens is 3. The van der Waals surface area contributed by atoms with Crippen molar-refractivity contribution in [2.75, 3.05) is 7.05 Å². The minimum Gasteiger partial charge on any atom is -0.316 e. The lowest BCUT2D eigenvalue weighted by molar-refractivity contribution is -0.141. The lowest BCUT2D eigenvalue weighted by atomic mass is 10.0. The van der Waals surface area contributed by atoms with E-state index in [4.69, 9.17) is 0 Å². The third-order valence-electron chi connectivity index (χ3n) is 2.57. The van der Waals surface area contributed by atoms with E-state index in [0.29, 0.717) is 12.3 Å². The number of alkyl halides is 3. The Labute approximate surface area is 98.5 Å². The van der Waals surface area contributed by atoms with Crippen molar-refractivity contribution in [3.05, 3.63) is 23.8 Å². The fourth-order valence-electron chi connectivity index (χ4n) is 1.52. The molecule has 0 saturated carbocycles. The molecule has 1 atom stereocenters. The van der Waals surface area contributed by atoms with E-state index in [2.05, 4.69) is 15.3 Å². The third-order valence-corrected chi connectivity index (χ3v) is 2.57. The summed E-state index contributed by atoms with van der Waals surface area (Å²) in [6.45, 7) is 3.99. The summed E-state index contributed by atoms with van der Waals surface area (Å²) in [4.78, 5) is 7.41. The van der Waals surface area contributed by atoms with Crippen LogP contribution in [-0.2, 0) is 12.6 Å². The first-order chi connectivity index (χ1) is 7.84. The van der Waals surface area contributed by atoms with Crippen molar-refractivity contribution < 1.29 is 13.2 Å². The predicted octanol–water partition coefficient (Wildman–Crippen LogP) is 2.28. The molecule has 1 rings (SSSR count).